The van der Waals surface area contributed by atoms with Crippen molar-refractivity contribution in [1.29, 1.82) is 0 Å². The van der Waals surface area contributed by atoms with Crippen LogP contribution in [0.5, 0.6) is 0 Å². The van der Waals surface area contributed by atoms with Crippen LogP contribution < -0.4 is 5.43 Å². The Morgan fingerprint density at radius 3 is 2.85 bits per heavy atom. The number of nitrogens with zero attached hydrogens (tertiary/aromatic N) is 3. The van der Waals surface area contributed by atoms with Crippen LogP contribution in [0.1, 0.15) is 11.3 Å². The Bertz CT molecular complexity index is 771. The lowest BCUT2D eigenvalue weighted by atomic mass is 10.1. The Labute approximate surface area is 117 Å². The Morgan fingerprint density at radius 2 is 2.05 bits per heavy atom. The van der Waals surface area contributed by atoms with Gasteiger partial charge in [-0.2, -0.15) is 5.10 Å². The monoisotopic (exact) mass is 264 g/mol. The average molecular weight is 264 g/mol. The van der Waals surface area contributed by atoms with Crippen LogP contribution in [0, 0.1) is 6.92 Å². The zero-order valence-corrected chi connectivity index (χ0v) is 11.5. The molecule has 0 saturated carbocycles. The van der Waals surface area contributed by atoms with Gasteiger partial charge in [-0.3, -0.25) is 5.43 Å². The molecule has 0 spiro atoms. The van der Waals surface area contributed by atoms with Crippen LogP contribution >= 0.6 is 0 Å². The van der Waals surface area contributed by atoms with Crippen LogP contribution in [0.25, 0.3) is 10.9 Å². The van der Waals surface area contributed by atoms with Gasteiger partial charge in [-0.25, -0.2) is 4.98 Å². The van der Waals surface area contributed by atoms with Gasteiger partial charge in [0.2, 0.25) is 0 Å². The highest BCUT2D eigenvalue weighted by Crippen LogP contribution is 2.19. The molecule has 0 aliphatic heterocycles. The third kappa shape index (κ3) is 2.40. The summed E-state index contributed by atoms with van der Waals surface area (Å²) in [5, 5.41) is 5.41. The van der Waals surface area contributed by atoms with E-state index >= 15 is 0 Å². The van der Waals surface area contributed by atoms with E-state index < -0.39 is 0 Å². The number of pyridine rings is 1. The molecule has 1 aromatic carbocycles. The van der Waals surface area contributed by atoms with Gasteiger partial charge in [0.05, 0.1) is 17.4 Å². The molecule has 0 radical (unpaired) electrons. The van der Waals surface area contributed by atoms with E-state index in [0.717, 1.165) is 17.0 Å². The molecule has 0 aliphatic rings. The van der Waals surface area contributed by atoms with E-state index in [-0.39, 0.29) is 0 Å². The topological polar surface area (TPSA) is 42.2 Å². The molecule has 0 aliphatic carbocycles. The highest BCUT2D eigenvalue weighted by atomic mass is 15.3. The summed E-state index contributed by atoms with van der Waals surface area (Å²) in [6.45, 7) is 2.08. The minimum Gasteiger partial charge on any atom is -0.350 e. The predicted octanol–water partition coefficient (Wildman–Crippen LogP) is 3.33. The molecule has 3 rings (SSSR count). The zero-order chi connectivity index (χ0) is 13.9. The van der Waals surface area contributed by atoms with E-state index in [1.165, 1.54) is 10.9 Å². The lowest BCUT2D eigenvalue weighted by molar-refractivity contribution is 0.918. The highest BCUT2D eigenvalue weighted by Gasteiger charge is 2.01. The zero-order valence-electron chi connectivity index (χ0n) is 11.5. The second-order valence-corrected chi connectivity index (χ2v) is 4.76. The number of aryl methyl sites for hydroxylation is 2. The van der Waals surface area contributed by atoms with Crippen molar-refractivity contribution in [3.8, 4) is 0 Å². The Balaban J connectivity index is 1.85. The maximum Gasteiger partial charge on any atom is 0.147 e. The molecule has 0 amide bonds. The molecule has 4 heteroatoms. The minimum atomic E-state index is 0.756. The van der Waals surface area contributed by atoms with E-state index in [9.17, 15) is 0 Å². The number of benzene rings is 1. The van der Waals surface area contributed by atoms with Crippen LogP contribution in [0.2, 0.25) is 0 Å². The number of hydrogen-bond acceptors (Lipinski definition) is 3. The fourth-order valence-corrected chi connectivity index (χ4v) is 2.18. The van der Waals surface area contributed by atoms with Gasteiger partial charge in [0.25, 0.3) is 0 Å². The van der Waals surface area contributed by atoms with Gasteiger partial charge in [-0.1, -0.05) is 18.2 Å². The number of para-hydroxylation sites is 1. The van der Waals surface area contributed by atoms with Crippen molar-refractivity contribution in [2.24, 2.45) is 12.1 Å². The summed E-state index contributed by atoms with van der Waals surface area (Å²) in [6, 6.07) is 14.1. The van der Waals surface area contributed by atoms with Crippen molar-refractivity contribution in [3.05, 3.63) is 59.9 Å². The second-order valence-electron chi connectivity index (χ2n) is 4.76. The normalized spacial score (nSPS) is 11.3. The molecule has 0 fully saturated rings. The van der Waals surface area contributed by atoms with Crippen molar-refractivity contribution < 1.29 is 0 Å². The summed E-state index contributed by atoms with van der Waals surface area (Å²) in [5.41, 5.74) is 6.19. The van der Waals surface area contributed by atoms with Gasteiger partial charge in [-0.05, 0) is 36.8 Å². The number of aromatic nitrogens is 2. The largest absolute Gasteiger partial charge is 0.350 e. The van der Waals surface area contributed by atoms with E-state index in [0.29, 0.717) is 0 Å². The van der Waals surface area contributed by atoms with E-state index in [2.05, 4.69) is 28.5 Å². The third-order valence-corrected chi connectivity index (χ3v) is 3.28. The summed E-state index contributed by atoms with van der Waals surface area (Å²) in [4.78, 5) is 4.55. The first kappa shape index (κ1) is 12.4. The van der Waals surface area contributed by atoms with E-state index in [1.54, 1.807) is 6.21 Å². The molecule has 0 unspecified atom stereocenters. The number of hydrogen-bond donors (Lipinski definition) is 1. The highest BCUT2D eigenvalue weighted by molar-refractivity contribution is 5.84. The summed E-state index contributed by atoms with van der Waals surface area (Å²) < 4.78 is 2.00. The molecule has 2 aromatic heterocycles. The Hall–Kier alpha value is -2.62. The fourth-order valence-electron chi connectivity index (χ4n) is 2.18. The molecule has 20 heavy (non-hydrogen) atoms. The third-order valence-electron chi connectivity index (χ3n) is 3.28. The van der Waals surface area contributed by atoms with Crippen molar-refractivity contribution in [2.45, 2.75) is 6.92 Å². The van der Waals surface area contributed by atoms with Crippen LogP contribution in [0.15, 0.2) is 53.8 Å². The van der Waals surface area contributed by atoms with Gasteiger partial charge in [0.1, 0.15) is 5.82 Å². The van der Waals surface area contributed by atoms with Gasteiger partial charge in [0, 0.05) is 18.6 Å². The summed E-state index contributed by atoms with van der Waals surface area (Å²) in [7, 11) is 1.99. The first-order chi connectivity index (χ1) is 9.74. The first-order valence-corrected chi connectivity index (χ1v) is 6.51. The van der Waals surface area contributed by atoms with Crippen molar-refractivity contribution in [3.63, 3.8) is 0 Å². The molecule has 0 atom stereocenters. The molecule has 1 N–H and O–H groups in total. The van der Waals surface area contributed by atoms with E-state index in [1.807, 2.05) is 54.2 Å². The quantitative estimate of drug-likeness (QED) is 0.582. The van der Waals surface area contributed by atoms with Crippen LogP contribution in [0.3, 0.4) is 0 Å². The number of nitrogens with one attached hydrogen (secondary N) is 1. The molecule has 2 heterocycles. The number of rotatable bonds is 3. The molecule has 100 valence electrons. The predicted molar refractivity (Wildman–Crippen MR) is 83.1 cm³/mol. The van der Waals surface area contributed by atoms with Crippen LogP contribution in [0.4, 0.5) is 5.82 Å². The molecule has 4 nitrogen and oxygen atoms in total. The molecule has 0 saturated heterocycles. The van der Waals surface area contributed by atoms with Gasteiger partial charge >= 0.3 is 0 Å². The minimum absolute atomic E-state index is 0.756. The van der Waals surface area contributed by atoms with Crippen molar-refractivity contribution >= 4 is 22.9 Å². The first-order valence-electron chi connectivity index (χ1n) is 6.51. The maximum absolute atomic E-state index is 4.55. The van der Waals surface area contributed by atoms with Crippen molar-refractivity contribution in [1.82, 2.24) is 9.55 Å². The van der Waals surface area contributed by atoms with Crippen LogP contribution in [-0.4, -0.2) is 15.8 Å². The second kappa shape index (κ2) is 5.17. The SMILES string of the molecule is Cc1cc(N/N=C/c2cccn2C)nc2ccccc12. The van der Waals surface area contributed by atoms with Gasteiger partial charge in [-0.15, -0.1) is 0 Å². The van der Waals surface area contributed by atoms with E-state index in [4.69, 9.17) is 0 Å². The molecular weight excluding hydrogens is 248 g/mol. The number of anilines is 1. The number of fused-ring (bicyclic) bond motifs is 1. The lowest BCUT2D eigenvalue weighted by Crippen LogP contribution is -1.98. The Kier molecular flexibility index (Phi) is 3.21. The van der Waals surface area contributed by atoms with Crippen molar-refractivity contribution in [2.75, 3.05) is 5.43 Å². The summed E-state index contributed by atoms with van der Waals surface area (Å²) >= 11 is 0. The van der Waals surface area contributed by atoms with Gasteiger partial charge < -0.3 is 4.57 Å². The smallest absolute Gasteiger partial charge is 0.147 e. The fraction of sp³-hybridized carbons (Fsp3) is 0.125. The lowest BCUT2D eigenvalue weighted by Gasteiger charge is -2.05. The molecular formula is C16H16N4. The summed E-state index contributed by atoms with van der Waals surface area (Å²) in [5.74, 6) is 0.756. The van der Waals surface area contributed by atoms with Gasteiger partial charge in [0.15, 0.2) is 0 Å². The molecule has 0 bridgehead atoms. The van der Waals surface area contributed by atoms with Crippen LogP contribution in [-0.2, 0) is 7.05 Å². The molecule has 3 aromatic rings. The standard InChI is InChI=1S/C16H16N4/c1-12-10-16(18-15-8-4-3-7-14(12)15)19-17-11-13-6-5-9-20(13)2/h3-11H,1-2H3,(H,18,19)/b17-11+. The summed E-state index contributed by atoms with van der Waals surface area (Å²) in [6.07, 6.45) is 3.77. The Morgan fingerprint density at radius 1 is 1.20 bits per heavy atom. The average Bonchev–Trinajstić information content (AvgIpc) is 2.85. The number of hydrazone groups is 1. The maximum atomic E-state index is 4.55.